The molecule has 6 nitrogen and oxygen atoms in total. The van der Waals surface area contributed by atoms with Gasteiger partial charge in [0.2, 0.25) is 0 Å². The van der Waals surface area contributed by atoms with Gasteiger partial charge in [0.15, 0.2) is 5.96 Å². The van der Waals surface area contributed by atoms with Crippen LogP contribution in [-0.4, -0.2) is 46.9 Å². The van der Waals surface area contributed by atoms with Crippen LogP contribution in [0.3, 0.4) is 0 Å². The van der Waals surface area contributed by atoms with Crippen molar-refractivity contribution in [3.63, 3.8) is 0 Å². The fraction of sp³-hybridized carbons (Fsp3) is 0.611. The zero-order valence-electron chi connectivity index (χ0n) is 15.9. The first-order chi connectivity index (χ1) is 11.5. The van der Waals surface area contributed by atoms with Crippen LogP contribution in [0.2, 0.25) is 0 Å². The van der Waals surface area contributed by atoms with Gasteiger partial charge in [-0.25, -0.2) is 0 Å². The number of benzene rings is 1. The van der Waals surface area contributed by atoms with Crippen LogP contribution in [0.1, 0.15) is 26.3 Å². The third-order valence-corrected chi connectivity index (χ3v) is 4.07. The average molecular weight is 337 g/mol. The molecule has 0 heterocycles. The monoisotopic (exact) mass is 337 g/mol. The third-order valence-electron chi connectivity index (χ3n) is 4.07. The predicted molar refractivity (Wildman–Crippen MR) is 98.6 cm³/mol. The minimum atomic E-state index is 0.348. The summed E-state index contributed by atoms with van der Waals surface area (Å²) in [5.41, 5.74) is 1.00. The van der Waals surface area contributed by atoms with Crippen molar-refractivity contribution < 1.29 is 14.2 Å². The third kappa shape index (κ3) is 5.51. The molecule has 24 heavy (non-hydrogen) atoms. The number of aliphatic imine (C=N–C) groups is 1. The number of methoxy groups -OCH3 is 3. The van der Waals surface area contributed by atoms with Crippen molar-refractivity contribution in [1.82, 2.24) is 10.6 Å². The van der Waals surface area contributed by atoms with Crippen LogP contribution in [-0.2, 0) is 6.42 Å². The van der Waals surface area contributed by atoms with E-state index in [-0.39, 0.29) is 0 Å². The Morgan fingerprint density at radius 2 is 1.62 bits per heavy atom. The molecule has 0 saturated carbocycles. The van der Waals surface area contributed by atoms with Gasteiger partial charge in [0, 0.05) is 37.3 Å². The highest BCUT2D eigenvalue weighted by atomic mass is 16.5. The molecule has 0 amide bonds. The molecule has 0 aliphatic heterocycles. The van der Waals surface area contributed by atoms with Crippen molar-refractivity contribution in [3.8, 4) is 17.2 Å². The number of nitrogens with one attached hydrogen (secondary N) is 2. The standard InChI is InChI=1S/C18H31N3O3/c1-12(2)13(3)21-18(19-4)20-9-8-15-16(23-6)10-14(22-5)11-17(15)24-7/h10-13H,8-9H2,1-7H3,(H2,19,20,21). The van der Waals surface area contributed by atoms with E-state index in [2.05, 4.69) is 36.4 Å². The van der Waals surface area contributed by atoms with Gasteiger partial charge in [-0.15, -0.1) is 0 Å². The molecule has 0 aliphatic carbocycles. The second-order valence-electron chi connectivity index (χ2n) is 5.94. The van der Waals surface area contributed by atoms with E-state index in [1.807, 2.05) is 12.1 Å². The number of nitrogens with zero attached hydrogens (tertiary/aromatic N) is 1. The van der Waals surface area contributed by atoms with Crippen LogP contribution in [0, 0.1) is 5.92 Å². The molecule has 0 saturated heterocycles. The number of rotatable bonds is 8. The summed E-state index contributed by atoms with van der Waals surface area (Å²) in [6, 6.07) is 4.08. The van der Waals surface area contributed by atoms with Gasteiger partial charge in [0.05, 0.1) is 21.3 Å². The fourth-order valence-electron chi connectivity index (χ4n) is 2.21. The molecular formula is C18H31N3O3. The van der Waals surface area contributed by atoms with Gasteiger partial charge in [0.25, 0.3) is 0 Å². The molecule has 2 N–H and O–H groups in total. The van der Waals surface area contributed by atoms with Gasteiger partial charge < -0.3 is 24.8 Å². The van der Waals surface area contributed by atoms with Crippen LogP contribution in [0.15, 0.2) is 17.1 Å². The molecule has 136 valence electrons. The number of ether oxygens (including phenoxy) is 3. The summed E-state index contributed by atoms with van der Waals surface area (Å²) in [5, 5.41) is 6.72. The van der Waals surface area contributed by atoms with Crippen molar-refractivity contribution in [2.75, 3.05) is 34.9 Å². The minimum Gasteiger partial charge on any atom is -0.496 e. The molecule has 0 spiro atoms. The SMILES string of the molecule is CN=C(NCCc1c(OC)cc(OC)cc1OC)NC(C)C(C)C. The van der Waals surface area contributed by atoms with E-state index in [4.69, 9.17) is 14.2 Å². The smallest absolute Gasteiger partial charge is 0.191 e. The van der Waals surface area contributed by atoms with E-state index < -0.39 is 0 Å². The Morgan fingerprint density at radius 1 is 1.04 bits per heavy atom. The van der Waals surface area contributed by atoms with Crippen LogP contribution in [0.25, 0.3) is 0 Å². The largest absolute Gasteiger partial charge is 0.496 e. The molecule has 1 atom stereocenters. The van der Waals surface area contributed by atoms with E-state index in [1.165, 1.54) is 0 Å². The lowest BCUT2D eigenvalue weighted by Gasteiger charge is -2.21. The Bertz CT molecular complexity index is 519. The number of hydrogen-bond donors (Lipinski definition) is 2. The van der Waals surface area contributed by atoms with E-state index >= 15 is 0 Å². The summed E-state index contributed by atoms with van der Waals surface area (Å²) in [7, 11) is 6.70. The van der Waals surface area contributed by atoms with E-state index in [1.54, 1.807) is 28.4 Å². The van der Waals surface area contributed by atoms with Gasteiger partial charge in [0.1, 0.15) is 17.2 Å². The Morgan fingerprint density at radius 3 is 2.04 bits per heavy atom. The highest BCUT2D eigenvalue weighted by Crippen LogP contribution is 2.34. The quantitative estimate of drug-likeness (QED) is 0.563. The molecular weight excluding hydrogens is 306 g/mol. The minimum absolute atomic E-state index is 0.348. The van der Waals surface area contributed by atoms with Gasteiger partial charge in [-0.2, -0.15) is 0 Å². The van der Waals surface area contributed by atoms with Crippen molar-refractivity contribution in [1.29, 1.82) is 0 Å². The fourth-order valence-corrected chi connectivity index (χ4v) is 2.21. The molecule has 1 aromatic rings. The van der Waals surface area contributed by atoms with Crippen LogP contribution in [0.4, 0.5) is 0 Å². The maximum atomic E-state index is 5.48. The predicted octanol–water partition coefficient (Wildman–Crippen LogP) is 2.46. The first-order valence-electron chi connectivity index (χ1n) is 8.22. The average Bonchev–Trinajstić information content (AvgIpc) is 2.59. The molecule has 6 heteroatoms. The molecule has 0 fully saturated rings. The van der Waals surface area contributed by atoms with Gasteiger partial charge in [-0.1, -0.05) is 13.8 Å². The van der Waals surface area contributed by atoms with Crippen LogP contribution >= 0.6 is 0 Å². The molecule has 1 unspecified atom stereocenters. The van der Waals surface area contributed by atoms with Gasteiger partial charge in [-0.3, -0.25) is 4.99 Å². The van der Waals surface area contributed by atoms with Crippen molar-refractivity contribution in [3.05, 3.63) is 17.7 Å². The first kappa shape index (κ1) is 19.9. The Balaban J connectivity index is 2.76. The maximum absolute atomic E-state index is 5.48. The highest BCUT2D eigenvalue weighted by Gasteiger charge is 2.14. The van der Waals surface area contributed by atoms with Crippen molar-refractivity contribution >= 4 is 5.96 Å². The molecule has 0 aromatic heterocycles. The molecule has 0 aliphatic rings. The van der Waals surface area contributed by atoms with E-state index in [0.717, 1.165) is 29.4 Å². The lowest BCUT2D eigenvalue weighted by Crippen LogP contribution is -2.44. The van der Waals surface area contributed by atoms with Crippen LogP contribution < -0.4 is 24.8 Å². The Labute approximate surface area is 145 Å². The highest BCUT2D eigenvalue weighted by molar-refractivity contribution is 5.79. The molecule has 1 aromatic carbocycles. The summed E-state index contributed by atoms with van der Waals surface area (Å²) >= 11 is 0. The Kier molecular flexibility index (Phi) is 8.22. The summed E-state index contributed by atoms with van der Waals surface area (Å²) in [4.78, 5) is 4.27. The zero-order chi connectivity index (χ0) is 18.1. The lowest BCUT2D eigenvalue weighted by atomic mass is 10.1. The normalized spacial score (nSPS) is 12.8. The summed E-state index contributed by atoms with van der Waals surface area (Å²) < 4.78 is 16.2. The first-order valence-corrected chi connectivity index (χ1v) is 8.22. The van der Waals surface area contributed by atoms with Gasteiger partial charge in [-0.05, 0) is 19.3 Å². The second-order valence-corrected chi connectivity index (χ2v) is 5.94. The second kappa shape index (κ2) is 9.90. The molecule has 1 rings (SSSR count). The maximum Gasteiger partial charge on any atom is 0.191 e. The van der Waals surface area contributed by atoms with Crippen LogP contribution in [0.5, 0.6) is 17.2 Å². The lowest BCUT2D eigenvalue weighted by molar-refractivity contribution is 0.368. The topological polar surface area (TPSA) is 64.1 Å². The number of guanidine groups is 1. The molecule has 0 bridgehead atoms. The van der Waals surface area contributed by atoms with Gasteiger partial charge >= 0.3 is 0 Å². The van der Waals surface area contributed by atoms with Crippen molar-refractivity contribution in [2.24, 2.45) is 10.9 Å². The van der Waals surface area contributed by atoms with E-state index in [0.29, 0.717) is 24.3 Å². The summed E-state index contributed by atoms with van der Waals surface area (Å²) in [6.07, 6.45) is 0.743. The Hall–Kier alpha value is -2.11. The van der Waals surface area contributed by atoms with Crippen molar-refractivity contribution in [2.45, 2.75) is 33.2 Å². The zero-order valence-corrected chi connectivity index (χ0v) is 15.9. The summed E-state index contributed by atoms with van der Waals surface area (Å²) in [6.45, 7) is 7.21. The molecule has 0 radical (unpaired) electrons. The number of hydrogen-bond acceptors (Lipinski definition) is 4. The van der Waals surface area contributed by atoms with E-state index in [9.17, 15) is 0 Å². The summed E-state index contributed by atoms with van der Waals surface area (Å²) in [5.74, 6) is 3.55.